The molecule has 0 fully saturated rings. The number of nitro benzene ring substituents is 1. The van der Waals surface area contributed by atoms with E-state index in [4.69, 9.17) is 14.6 Å². The predicted molar refractivity (Wildman–Crippen MR) is 95.9 cm³/mol. The molecule has 0 unspecified atom stereocenters. The van der Waals surface area contributed by atoms with Crippen molar-refractivity contribution in [2.45, 2.75) is 19.4 Å². The molecule has 0 bridgehead atoms. The molecule has 0 amide bonds. The second-order valence-corrected chi connectivity index (χ2v) is 5.54. The summed E-state index contributed by atoms with van der Waals surface area (Å²) in [7, 11) is 2.88. The average molecular weight is 360 g/mol. The van der Waals surface area contributed by atoms with Crippen molar-refractivity contribution in [1.82, 2.24) is 0 Å². The summed E-state index contributed by atoms with van der Waals surface area (Å²) in [6.45, 7) is 0.207. The van der Waals surface area contributed by atoms with Gasteiger partial charge in [0.05, 0.1) is 30.8 Å². The van der Waals surface area contributed by atoms with Gasteiger partial charge in [-0.05, 0) is 30.2 Å². The Kier molecular flexibility index (Phi) is 6.37. The van der Waals surface area contributed by atoms with Crippen LogP contribution in [0, 0.1) is 10.1 Å². The molecule has 8 heteroatoms. The summed E-state index contributed by atoms with van der Waals surface area (Å²) < 4.78 is 10.3. The van der Waals surface area contributed by atoms with Crippen molar-refractivity contribution in [3.05, 3.63) is 57.6 Å². The van der Waals surface area contributed by atoms with Crippen LogP contribution in [0.3, 0.4) is 0 Å². The fraction of sp³-hybridized carbons (Fsp3) is 0.278. The monoisotopic (exact) mass is 360 g/mol. The lowest BCUT2D eigenvalue weighted by Crippen LogP contribution is -2.05. The normalized spacial score (nSPS) is 10.2. The Labute approximate surface area is 150 Å². The van der Waals surface area contributed by atoms with Gasteiger partial charge in [0.25, 0.3) is 5.69 Å². The van der Waals surface area contributed by atoms with Gasteiger partial charge in [-0.1, -0.05) is 12.1 Å². The maximum atomic E-state index is 11.3. The summed E-state index contributed by atoms with van der Waals surface area (Å²) in [4.78, 5) is 21.5. The number of methoxy groups -OCH3 is 2. The number of hydrogen-bond acceptors (Lipinski definition) is 6. The molecule has 0 aromatic heterocycles. The number of aliphatic carboxylic acids is 1. The second kappa shape index (κ2) is 8.70. The smallest absolute Gasteiger partial charge is 0.303 e. The highest BCUT2D eigenvalue weighted by Gasteiger charge is 2.19. The number of aryl methyl sites for hydroxylation is 1. The number of hydrogen-bond donors (Lipinski definition) is 2. The van der Waals surface area contributed by atoms with Crippen molar-refractivity contribution in [2.24, 2.45) is 0 Å². The van der Waals surface area contributed by atoms with E-state index in [0.29, 0.717) is 23.5 Å². The first-order chi connectivity index (χ1) is 12.4. The number of carboxylic acid groups (broad SMARTS) is 1. The average Bonchev–Trinajstić information content (AvgIpc) is 2.64. The number of anilines is 1. The molecular formula is C18H20N2O6. The molecule has 0 radical (unpaired) electrons. The number of benzene rings is 2. The fourth-order valence-electron chi connectivity index (χ4n) is 2.51. The quantitative estimate of drug-likeness (QED) is 0.521. The molecule has 138 valence electrons. The molecule has 2 aromatic rings. The van der Waals surface area contributed by atoms with Crippen LogP contribution in [0.5, 0.6) is 11.5 Å². The Hall–Kier alpha value is -3.29. The number of ether oxygens (including phenoxy) is 2. The molecule has 0 saturated carbocycles. The van der Waals surface area contributed by atoms with Crippen LogP contribution in [0.25, 0.3) is 0 Å². The highest BCUT2D eigenvalue weighted by molar-refractivity contribution is 5.67. The van der Waals surface area contributed by atoms with E-state index in [0.717, 1.165) is 11.3 Å². The molecule has 0 aliphatic rings. The lowest BCUT2D eigenvalue weighted by atomic mass is 10.1. The summed E-state index contributed by atoms with van der Waals surface area (Å²) in [5.41, 5.74) is 2.00. The van der Waals surface area contributed by atoms with Gasteiger partial charge < -0.3 is 19.9 Å². The standard InChI is InChI=1S/C18H20N2O6/c1-25-16-9-13(15(20(23)24)10-17(16)26-2)11-19-14-5-3-4-12(8-14)6-7-18(21)22/h3-5,8-10,19H,6-7,11H2,1-2H3,(H,21,22). The SMILES string of the molecule is COc1cc(CNc2cccc(CCC(=O)O)c2)c([N+](=O)[O-])cc1OC. The summed E-state index contributed by atoms with van der Waals surface area (Å²) in [5, 5.41) is 23.2. The third-order valence-electron chi connectivity index (χ3n) is 3.82. The van der Waals surface area contributed by atoms with Gasteiger partial charge in [-0.25, -0.2) is 0 Å². The first kappa shape index (κ1) is 19.0. The summed E-state index contributed by atoms with van der Waals surface area (Å²) >= 11 is 0. The van der Waals surface area contributed by atoms with E-state index in [2.05, 4.69) is 5.32 Å². The summed E-state index contributed by atoms with van der Waals surface area (Å²) in [6.07, 6.45) is 0.464. The number of nitro groups is 1. The highest BCUT2D eigenvalue weighted by atomic mass is 16.6. The van der Waals surface area contributed by atoms with Crippen LogP contribution in [0.1, 0.15) is 17.5 Å². The van der Waals surface area contributed by atoms with Crippen molar-refractivity contribution >= 4 is 17.3 Å². The molecule has 0 saturated heterocycles. The summed E-state index contributed by atoms with van der Waals surface area (Å²) in [5.74, 6) is -0.159. The van der Waals surface area contributed by atoms with Crippen molar-refractivity contribution in [1.29, 1.82) is 0 Å². The molecule has 0 atom stereocenters. The highest BCUT2D eigenvalue weighted by Crippen LogP contribution is 2.34. The molecule has 0 aliphatic carbocycles. The van der Waals surface area contributed by atoms with Crippen LogP contribution < -0.4 is 14.8 Å². The van der Waals surface area contributed by atoms with Gasteiger partial charge in [-0.3, -0.25) is 14.9 Å². The van der Waals surface area contributed by atoms with E-state index < -0.39 is 10.9 Å². The second-order valence-electron chi connectivity index (χ2n) is 5.54. The molecule has 2 aromatic carbocycles. The zero-order valence-corrected chi connectivity index (χ0v) is 14.5. The fourth-order valence-corrected chi connectivity index (χ4v) is 2.51. The third-order valence-corrected chi connectivity index (χ3v) is 3.82. The van der Waals surface area contributed by atoms with Crippen LogP contribution in [-0.4, -0.2) is 30.2 Å². The lowest BCUT2D eigenvalue weighted by Gasteiger charge is -2.12. The number of nitrogens with zero attached hydrogens (tertiary/aromatic N) is 1. The predicted octanol–water partition coefficient (Wildman–Crippen LogP) is 3.24. The molecule has 26 heavy (non-hydrogen) atoms. The van der Waals surface area contributed by atoms with Gasteiger partial charge in [-0.2, -0.15) is 0 Å². The number of rotatable bonds is 9. The Balaban J connectivity index is 2.19. The van der Waals surface area contributed by atoms with Crippen LogP contribution in [-0.2, 0) is 17.8 Å². The van der Waals surface area contributed by atoms with E-state index in [-0.39, 0.29) is 18.7 Å². The Morgan fingerprint density at radius 3 is 2.50 bits per heavy atom. The zero-order chi connectivity index (χ0) is 19.1. The molecule has 0 heterocycles. The van der Waals surface area contributed by atoms with Gasteiger partial charge in [0.15, 0.2) is 11.5 Å². The molecule has 0 aliphatic heterocycles. The topological polar surface area (TPSA) is 111 Å². The van der Waals surface area contributed by atoms with Crippen LogP contribution in [0.2, 0.25) is 0 Å². The van der Waals surface area contributed by atoms with Crippen LogP contribution >= 0.6 is 0 Å². The molecule has 8 nitrogen and oxygen atoms in total. The molecular weight excluding hydrogens is 340 g/mol. The van der Waals surface area contributed by atoms with E-state index in [1.807, 2.05) is 24.3 Å². The van der Waals surface area contributed by atoms with Crippen molar-refractivity contribution in [3.8, 4) is 11.5 Å². The minimum atomic E-state index is -0.857. The maximum absolute atomic E-state index is 11.3. The van der Waals surface area contributed by atoms with Gasteiger partial charge in [0, 0.05) is 18.7 Å². The Bertz CT molecular complexity index is 806. The first-order valence-corrected chi connectivity index (χ1v) is 7.88. The Morgan fingerprint density at radius 2 is 1.88 bits per heavy atom. The number of carbonyl (C=O) groups is 1. The first-order valence-electron chi connectivity index (χ1n) is 7.88. The lowest BCUT2D eigenvalue weighted by molar-refractivity contribution is -0.385. The van der Waals surface area contributed by atoms with Crippen molar-refractivity contribution < 1.29 is 24.3 Å². The third kappa shape index (κ3) is 4.85. The van der Waals surface area contributed by atoms with Gasteiger partial charge in [0.1, 0.15) is 0 Å². The van der Waals surface area contributed by atoms with E-state index in [1.54, 1.807) is 6.07 Å². The minimum absolute atomic E-state index is 0.0462. The molecule has 0 spiro atoms. The van der Waals surface area contributed by atoms with Crippen LogP contribution in [0.15, 0.2) is 36.4 Å². The van der Waals surface area contributed by atoms with Crippen molar-refractivity contribution in [2.75, 3.05) is 19.5 Å². The number of carboxylic acids is 1. The van der Waals surface area contributed by atoms with Crippen molar-refractivity contribution in [3.63, 3.8) is 0 Å². The number of nitrogens with one attached hydrogen (secondary N) is 1. The largest absolute Gasteiger partial charge is 0.493 e. The zero-order valence-electron chi connectivity index (χ0n) is 14.5. The molecule has 2 rings (SSSR count). The van der Waals surface area contributed by atoms with E-state index in [9.17, 15) is 14.9 Å². The molecule has 2 N–H and O–H groups in total. The van der Waals surface area contributed by atoms with Crippen LogP contribution in [0.4, 0.5) is 11.4 Å². The Morgan fingerprint density at radius 1 is 1.19 bits per heavy atom. The van der Waals surface area contributed by atoms with Gasteiger partial charge >= 0.3 is 5.97 Å². The van der Waals surface area contributed by atoms with E-state index >= 15 is 0 Å². The minimum Gasteiger partial charge on any atom is -0.493 e. The maximum Gasteiger partial charge on any atom is 0.303 e. The van der Waals surface area contributed by atoms with E-state index in [1.165, 1.54) is 20.3 Å². The van der Waals surface area contributed by atoms with Gasteiger partial charge in [-0.15, -0.1) is 0 Å². The van der Waals surface area contributed by atoms with Gasteiger partial charge in [0.2, 0.25) is 0 Å². The summed E-state index contributed by atoms with van der Waals surface area (Å²) in [6, 6.07) is 10.2.